The van der Waals surface area contributed by atoms with E-state index >= 15 is 0 Å². The molecule has 0 aliphatic heterocycles. The maximum atomic E-state index is 5.80. The highest BCUT2D eigenvalue weighted by atomic mass is 16.5. The second kappa shape index (κ2) is 12.1. The molecule has 2 aromatic heterocycles. The first-order valence-corrected chi connectivity index (χ1v) is 16.3. The number of anilines is 3. The fraction of sp³-hybridized carbons (Fsp3) is 0. The van der Waals surface area contributed by atoms with Crippen LogP contribution in [0.4, 0.5) is 17.1 Å². The number of hydrogen-bond donors (Lipinski definition) is 0. The van der Waals surface area contributed by atoms with Crippen LogP contribution in [0.15, 0.2) is 187 Å². The molecule has 7 aromatic carbocycles. The lowest BCUT2D eigenvalue weighted by molar-refractivity contribution is 0.432. The molecular formula is C44H30N4O. The summed E-state index contributed by atoms with van der Waals surface area (Å²) in [4.78, 5) is 7.07. The third-order valence-corrected chi connectivity index (χ3v) is 9.01. The van der Waals surface area contributed by atoms with E-state index in [1.54, 1.807) is 0 Å². The number of hydrogen-bond acceptors (Lipinski definition) is 4. The Bertz CT molecular complexity index is 2480. The van der Waals surface area contributed by atoms with E-state index in [0.717, 1.165) is 45.0 Å². The van der Waals surface area contributed by atoms with Crippen molar-refractivity contribution in [2.45, 2.75) is 0 Å². The zero-order chi connectivity index (χ0) is 32.6. The first kappa shape index (κ1) is 28.5. The molecule has 9 rings (SSSR count). The Labute approximate surface area is 284 Å². The molecule has 0 saturated heterocycles. The van der Waals surface area contributed by atoms with Gasteiger partial charge in [-0.1, -0.05) is 114 Å². The van der Waals surface area contributed by atoms with E-state index in [9.17, 15) is 0 Å². The van der Waals surface area contributed by atoms with Crippen LogP contribution in [0.2, 0.25) is 0 Å². The maximum absolute atomic E-state index is 5.80. The number of aromatic nitrogens is 3. The summed E-state index contributed by atoms with van der Waals surface area (Å²) in [6.07, 6.45) is 0. The van der Waals surface area contributed by atoms with Gasteiger partial charge in [0.15, 0.2) is 0 Å². The zero-order valence-electron chi connectivity index (χ0n) is 26.5. The summed E-state index contributed by atoms with van der Waals surface area (Å²) in [5, 5.41) is 6.87. The highest BCUT2D eigenvalue weighted by molar-refractivity contribution is 6.09. The molecule has 0 saturated carbocycles. The van der Waals surface area contributed by atoms with Crippen LogP contribution in [-0.2, 0) is 0 Å². The average Bonchev–Trinajstić information content (AvgIpc) is 3.80. The highest BCUT2D eigenvalue weighted by Gasteiger charge is 2.18. The van der Waals surface area contributed by atoms with E-state index in [2.05, 4.69) is 142 Å². The molecule has 0 bridgehead atoms. The normalized spacial score (nSPS) is 11.3. The van der Waals surface area contributed by atoms with Crippen molar-refractivity contribution in [3.8, 4) is 39.7 Å². The Morgan fingerprint density at radius 2 is 0.939 bits per heavy atom. The molecule has 2 heterocycles. The first-order valence-electron chi connectivity index (χ1n) is 16.3. The zero-order valence-corrected chi connectivity index (χ0v) is 26.5. The third-order valence-electron chi connectivity index (χ3n) is 9.01. The fourth-order valence-electron chi connectivity index (χ4n) is 6.73. The molecule has 49 heavy (non-hydrogen) atoms. The minimum atomic E-state index is 0.478. The molecule has 0 radical (unpaired) electrons. The second-order valence-electron chi connectivity index (χ2n) is 11.9. The van der Waals surface area contributed by atoms with Crippen molar-refractivity contribution in [2.75, 3.05) is 4.90 Å². The molecule has 0 N–H and O–H groups in total. The molecule has 9 aromatic rings. The summed E-state index contributed by atoms with van der Waals surface area (Å²) in [6.45, 7) is 0. The smallest absolute Gasteiger partial charge is 0.258 e. The topological polar surface area (TPSA) is 47.1 Å². The molecule has 0 aliphatic rings. The van der Waals surface area contributed by atoms with Crippen molar-refractivity contribution in [3.05, 3.63) is 182 Å². The van der Waals surface area contributed by atoms with Gasteiger partial charge >= 0.3 is 0 Å². The highest BCUT2D eigenvalue weighted by Crippen LogP contribution is 2.38. The van der Waals surface area contributed by atoms with Crippen LogP contribution in [0.3, 0.4) is 0 Å². The number of nitrogens with zero attached hydrogens (tertiary/aromatic N) is 4. The van der Waals surface area contributed by atoms with Crippen molar-refractivity contribution < 1.29 is 4.52 Å². The summed E-state index contributed by atoms with van der Waals surface area (Å²) < 4.78 is 8.14. The third kappa shape index (κ3) is 5.14. The van der Waals surface area contributed by atoms with Gasteiger partial charge in [0.1, 0.15) is 0 Å². The second-order valence-corrected chi connectivity index (χ2v) is 11.9. The molecule has 0 amide bonds. The van der Waals surface area contributed by atoms with Crippen molar-refractivity contribution in [2.24, 2.45) is 0 Å². The van der Waals surface area contributed by atoms with Crippen molar-refractivity contribution in [1.29, 1.82) is 0 Å². The Morgan fingerprint density at radius 3 is 1.59 bits per heavy atom. The molecule has 0 aliphatic carbocycles. The van der Waals surface area contributed by atoms with Crippen molar-refractivity contribution in [3.63, 3.8) is 0 Å². The minimum Gasteiger partial charge on any atom is -0.334 e. The number of para-hydroxylation sites is 3. The van der Waals surface area contributed by atoms with Gasteiger partial charge in [-0.05, 0) is 83.9 Å². The summed E-state index contributed by atoms with van der Waals surface area (Å²) >= 11 is 0. The van der Waals surface area contributed by atoms with E-state index in [1.165, 1.54) is 21.8 Å². The van der Waals surface area contributed by atoms with Crippen LogP contribution in [0.5, 0.6) is 0 Å². The van der Waals surface area contributed by atoms with Crippen LogP contribution < -0.4 is 4.90 Å². The number of rotatable bonds is 7. The summed E-state index contributed by atoms with van der Waals surface area (Å²) in [5.74, 6) is 1.04. The van der Waals surface area contributed by atoms with Gasteiger partial charge in [-0.25, -0.2) is 0 Å². The monoisotopic (exact) mass is 630 g/mol. The molecular weight excluding hydrogens is 601 g/mol. The first-order chi connectivity index (χ1) is 24.3. The van der Waals surface area contributed by atoms with E-state index < -0.39 is 0 Å². The molecule has 0 fully saturated rings. The SMILES string of the molecule is c1ccc(-c2ccccc2-c2noc(-c3ccc(N(c4ccccc4)c4ccc(-n5c6ccccc6c6ccccc65)cc4)cc3)n2)cc1. The predicted molar refractivity (Wildman–Crippen MR) is 200 cm³/mol. The van der Waals surface area contributed by atoms with Gasteiger partial charge in [-0.2, -0.15) is 4.98 Å². The van der Waals surface area contributed by atoms with E-state index in [4.69, 9.17) is 9.51 Å². The Hall–Kier alpha value is -6.72. The van der Waals surface area contributed by atoms with Gasteiger partial charge in [0, 0.05) is 44.6 Å². The molecule has 5 nitrogen and oxygen atoms in total. The van der Waals surface area contributed by atoms with E-state index in [-0.39, 0.29) is 0 Å². The number of fused-ring (bicyclic) bond motifs is 3. The van der Waals surface area contributed by atoms with Crippen LogP contribution in [0, 0.1) is 0 Å². The van der Waals surface area contributed by atoms with Crippen LogP contribution in [0.1, 0.15) is 0 Å². The van der Waals surface area contributed by atoms with Gasteiger partial charge in [0.2, 0.25) is 5.82 Å². The Morgan fingerprint density at radius 1 is 0.429 bits per heavy atom. The number of benzene rings is 7. The predicted octanol–water partition coefficient (Wildman–Crippen LogP) is 11.6. The van der Waals surface area contributed by atoms with Crippen LogP contribution in [0.25, 0.3) is 61.5 Å². The summed E-state index contributed by atoms with van der Waals surface area (Å²) in [5.41, 5.74) is 10.6. The van der Waals surface area contributed by atoms with Crippen molar-refractivity contribution in [1.82, 2.24) is 14.7 Å². The van der Waals surface area contributed by atoms with Gasteiger partial charge in [0.25, 0.3) is 5.89 Å². The Kier molecular flexibility index (Phi) is 7.06. The van der Waals surface area contributed by atoms with Crippen LogP contribution >= 0.6 is 0 Å². The van der Waals surface area contributed by atoms with Crippen molar-refractivity contribution >= 4 is 38.9 Å². The lowest BCUT2D eigenvalue weighted by Gasteiger charge is -2.26. The van der Waals surface area contributed by atoms with Crippen LogP contribution in [-0.4, -0.2) is 14.7 Å². The van der Waals surface area contributed by atoms with Gasteiger partial charge in [0.05, 0.1) is 11.0 Å². The van der Waals surface area contributed by atoms with Gasteiger partial charge < -0.3 is 14.0 Å². The molecule has 0 spiro atoms. The Balaban J connectivity index is 1.06. The quantitative estimate of drug-likeness (QED) is 0.176. The molecule has 0 unspecified atom stereocenters. The van der Waals surface area contributed by atoms with Gasteiger partial charge in [-0.3, -0.25) is 0 Å². The maximum Gasteiger partial charge on any atom is 0.258 e. The molecule has 5 heteroatoms. The summed E-state index contributed by atoms with van der Waals surface area (Å²) in [7, 11) is 0. The molecule has 0 atom stereocenters. The lowest BCUT2D eigenvalue weighted by atomic mass is 9.99. The summed E-state index contributed by atoms with van der Waals surface area (Å²) in [6, 6.07) is 63.1. The van der Waals surface area contributed by atoms with Gasteiger partial charge in [-0.15, -0.1) is 0 Å². The standard InChI is InChI=1S/C44H30N4O/c1-3-13-31(14-4-1)37-17-7-8-20-40(37)43-45-44(49-46-43)32-23-25-34(26-24-32)47(33-15-5-2-6-16-33)35-27-29-36(30-28-35)48-41-21-11-9-18-38(41)39-19-10-12-22-42(39)48/h1-30H. The molecule has 232 valence electrons. The fourth-order valence-corrected chi connectivity index (χ4v) is 6.73. The largest absolute Gasteiger partial charge is 0.334 e. The lowest BCUT2D eigenvalue weighted by Crippen LogP contribution is -2.10. The van der Waals surface area contributed by atoms with E-state index in [1.807, 2.05) is 54.6 Å². The van der Waals surface area contributed by atoms with E-state index in [0.29, 0.717) is 11.7 Å². The minimum absolute atomic E-state index is 0.478. The average molecular weight is 631 g/mol.